The lowest BCUT2D eigenvalue weighted by molar-refractivity contribution is 0.132. The van der Waals surface area contributed by atoms with Gasteiger partial charge in [0.05, 0.1) is 5.51 Å². The molecule has 2 heterocycles. The highest BCUT2D eigenvalue weighted by molar-refractivity contribution is 7.09. The molecule has 3 heteroatoms. The molecule has 0 unspecified atom stereocenters. The summed E-state index contributed by atoms with van der Waals surface area (Å²) in [5.41, 5.74) is 2.46. The van der Waals surface area contributed by atoms with Crippen LogP contribution in [0.4, 0.5) is 0 Å². The van der Waals surface area contributed by atoms with E-state index in [9.17, 15) is 0 Å². The Kier molecular flexibility index (Phi) is 2.88. The van der Waals surface area contributed by atoms with Crippen LogP contribution in [0.2, 0.25) is 0 Å². The van der Waals surface area contributed by atoms with Crippen molar-refractivity contribution in [3.8, 4) is 0 Å². The van der Waals surface area contributed by atoms with E-state index in [0.29, 0.717) is 5.41 Å². The molecular formula is C11H18N2S. The fourth-order valence-electron chi connectivity index (χ4n) is 2.39. The fraction of sp³-hybridized carbons (Fsp3) is 0.727. The molecule has 0 spiro atoms. The number of nitrogens with one attached hydrogen (secondary N) is 1. The summed E-state index contributed by atoms with van der Waals surface area (Å²) >= 11 is 1.79. The maximum absolute atomic E-state index is 4.14. The summed E-state index contributed by atoms with van der Waals surface area (Å²) in [7, 11) is 0. The zero-order valence-electron chi connectivity index (χ0n) is 8.92. The monoisotopic (exact) mass is 210 g/mol. The Labute approximate surface area is 89.8 Å². The molecule has 1 aromatic heterocycles. The number of hydrogen-bond donors (Lipinski definition) is 1. The predicted octanol–water partition coefficient (Wildman–Crippen LogP) is 2.32. The highest BCUT2D eigenvalue weighted by atomic mass is 32.1. The molecule has 2 rings (SSSR count). The summed E-state index contributed by atoms with van der Waals surface area (Å²) in [5.74, 6) is 0.796. The Morgan fingerprint density at radius 2 is 2.36 bits per heavy atom. The molecule has 1 saturated heterocycles. The summed E-state index contributed by atoms with van der Waals surface area (Å²) in [5, 5.41) is 3.40. The van der Waals surface area contributed by atoms with Gasteiger partial charge >= 0.3 is 0 Å². The minimum absolute atomic E-state index is 0.528. The summed E-state index contributed by atoms with van der Waals surface area (Å²) in [6.45, 7) is 6.99. The first-order chi connectivity index (χ1) is 6.70. The molecule has 0 saturated carbocycles. The molecule has 78 valence electrons. The van der Waals surface area contributed by atoms with Crippen LogP contribution < -0.4 is 5.32 Å². The fourth-order valence-corrected chi connectivity index (χ4v) is 3.15. The largest absolute Gasteiger partial charge is 0.316 e. The molecule has 2 nitrogen and oxygen atoms in total. The maximum atomic E-state index is 4.14. The second kappa shape index (κ2) is 3.99. The van der Waals surface area contributed by atoms with Crippen molar-refractivity contribution < 1.29 is 0 Å². The summed E-state index contributed by atoms with van der Waals surface area (Å²) in [6, 6.07) is 0. The summed E-state index contributed by atoms with van der Waals surface area (Å²) in [4.78, 5) is 5.58. The molecule has 0 aromatic carbocycles. The lowest BCUT2D eigenvalue weighted by Gasteiger charge is -2.44. The number of rotatable bonds is 4. The SMILES string of the molecule is CC(C)CC1(Cc2cncs2)CNC1. The Hall–Kier alpha value is -0.410. The van der Waals surface area contributed by atoms with Crippen LogP contribution in [0.5, 0.6) is 0 Å². The van der Waals surface area contributed by atoms with Crippen molar-refractivity contribution in [2.75, 3.05) is 13.1 Å². The first kappa shape index (κ1) is 10.1. The number of nitrogens with zero attached hydrogens (tertiary/aromatic N) is 1. The molecule has 0 amide bonds. The van der Waals surface area contributed by atoms with Gasteiger partial charge in [0.2, 0.25) is 0 Å². The van der Waals surface area contributed by atoms with Crippen LogP contribution in [0.15, 0.2) is 11.7 Å². The van der Waals surface area contributed by atoms with E-state index < -0.39 is 0 Å². The summed E-state index contributed by atoms with van der Waals surface area (Å²) in [6.07, 6.45) is 4.56. The minimum Gasteiger partial charge on any atom is -0.316 e. The lowest BCUT2D eigenvalue weighted by Crippen LogP contribution is -2.55. The average Bonchev–Trinajstić information content (AvgIpc) is 2.51. The van der Waals surface area contributed by atoms with Crippen LogP contribution in [-0.4, -0.2) is 18.1 Å². The molecule has 1 aromatic rings. The van der Waals surface area contributed by atoms with Gasteiger partial charge in [0, 0.05) is 29.6 Å². The molecule has 1 aliphatic rings. The van der Waals surface area contributed by atoms with Gasteiger partial charge in [0.25, 0.3) is 0 Å². The van der Waals surface area contributed by atoms with E-state index in [2.05, 4.69) is 24.1 Å². The molecule has 0 radical (unpaired) electrons. The van der Waals surface area contributed by atoms with E-state index in [1.54, 1.807) is 11.3 Å². The van der Waals surface area contributed by atoms with Crippen molar-refractivity contribution in [2.24, 2.45) is 11.3 Å². The Morgan fingerprint density at radius 1 is 1.57 bits per heavy atom. The van der Waals surface area contributed by atoms with Crippen molar-refractivity contribution in [1.29, 1.82) is 0 Å². The van der Waals surface area contributed by atoms with E-state index in [1.165, 1.54) is 30.8 Å². The first-order valence-corrected chi connectivity index (χ1v) is 6.16. The molecule has 1 aliphatic heterocycles. The van der Waals surface area contributed by atoms with Crippen LogP contribution in [0.1, 0.15) is 25.1 Å². The minimum atomic E-state index is 0.528. The molecule has 0 bridgehead atoms. The Bertz CT molecular complexity index is 275. The normalized spacial score (nSPS) is 19.6. The molecular weight excluding hydrogens is 192 g/mol. The molecule has 1 fully saturated rings. The standard InChI is InChI=1S/C11H18N2S/c1-9(2)3-11(6-13-7-11)4-10-5-12-8-14-10/h5,8-9,13H,3-4,6-7H2,1-2H3. The second-order valence-electron chi connectivity index (χ2n) is 4.85. The third kappa shape index (κ3) is 2.15. The Morgan fingerprint density at radius 3 is 2.79 bits per heavy atom. The highest BCUT2D eigenvalue weighted by Gasteiger charge is 2.37. The van der Waals surface area contributed by atoms with Gasteiger partial charge in [-0.2, -0.15) is 0 Å². The van der Waals surface area contributed by atoms with Gasteiger partial charge < -0.3 is 5.32 Å². The highest BCUT2D eigenvalue weighted by Crippen LogP contribution is 2.35. The van der Waals surface area contributed by atoms with E-state index in [1.807, 2.05) is 11.7 Å². The van der Waals surface area contributed by atoms with E-state index in [4.69, 9.17) is 0 Å². The van der Waals surface area contributed by atoms with Crippen LogP contribution >= 0.6 is 11.3 Å². The molecule has 0 atom stereocenters. The smallest absolute Gasteiger partial charge is 0.0794 e. The zero-order chi connectivity index (χ0) is 10.0. The topological polar surface area (TPSA) is 24.9 Å². The van der Waals surface area contributed by atoms with Gasteiger partial charge in [-0.25, -0.2) is 0 Å². The van der Waals surface area contributed by atoms with Gasteiger partial charge in [-0.3, -0.25) is 4.98 Å². The van der Waals surface area contributed by atoms with Crippen molar-refractivity contribution in [3.63, 3.8) is 0 Å². The molecule has 0 aliphatic carbocycles. The van der Waals surface area contributed by atoms with Crippen molar-refractivity contribution in [3.05, 3.63) is 16.6 Å². The van der Waals surface area contributed by atoms with Crippen molar-refractivity contribution in [2.45, 2.75) is 26.7 Å². The van der Waals surface area contributed by atoms with E-state index >= 15 is 0 Å². The van der Waals surface area contributed by atoms with E-state index in [-0.39, 0.29) is 0 Å². The van der Waals surface area contributed by atoms with Crippen molar-refractivity contribution >= 4 is 11.3 Å². The quantitative estimate of drug-likeness (QED) is 0.825. The third-order valence-electron chi connectivity index (χ3n) is 2.87. The van der Waals surface area contributed by atoms with Crippen LogP contribution in [0, 0.1) is 11.3 Å². The van der Waals surface area contributed by atoms with Gasteiger partial charge in [0.15, 0.2) is 0 Å². The van der Waals surface area contributed by atoms with Gasteiger partial charge in [-0.05, 0) is 18.8 Å². The zero-order valence-corrected chi connectivity index (χ0v) is 9.73. The average molecular weight is 210 g/mol. The second-order valence-corrected chi connectivity index (χ2v) is 5.82. The Balaban J connectivity index is 1.99. The number of hydrogen-bond acceptors (Lipinski definition) is 3. The van der Waals surface area contributed by atoms with Crippen LogP contribution in [0.3, 0.4) is 0 Å². The van der Waals surface area contributed by atoms with Gasteiger partial charge in [0.1, 0.15) is 0 Å². The first-order valence-electron chi connectivity index (χ1n) is 5.28. The van der Waals surface area contributed by atoms with Gasteiger partial charge in [-0.15, -0.1) is 11.3 Å². The van der Waals surface area contributed by atoms with Crippen molar-refractivity contribution in [1.82, 2.24) is 10.3 Å². The predicted molar refractivity (Wildman–Crippen MR) is 60.6 cm³/mol. The van der Waals surface area contributed by atoms with E-state index in [0.717, 1.165) is 5.92 Å². The molecule has 14 heavy (non-hydrogen) atoms. The number of thiazole rings is 1. The van der Waals surface area contributed by atoms with Crippen LogP contribution in [0.25, 0.3) is 0 Å². The lowest BCUT2D eigenvalue weighted by atomic mass is 9.72. The summed E-state index contributed by atoms with van der Waals surface area (Å²) < 4.78 is 0. The number of aromatic nitrogens is 1. The maximum Gasteiger partial charge on any atom is 0.0794 e. The third-order valence-corrected chi connectivity index (χ3v) is 3.65. The molecule has 1 N–H and O–H groups in total. The van der Waals surface area contributed by atoms with Gasteiger partial charge in [-0.1, -0.05) is 13.8 Å². The van der Waals surface area contributed by atoms with Crippen LogP contribution in [-0.2, 0) is 6.42 Å².